The zero-order chi connectivity index (χ0) is 14.0. The predicted octanol–water partition coefficient (Wildman–Crippen LogP) is 2.58. The van der Waals surface area contributed by atoms with E-state index in [9.17, 15) is 4.79 Å². The summed E-state index contributed by atoms with van der Waals surface area (Å²) in [7, 11) is 1.31. The molecule has 0 unspecified atom stereocenters. The summed E-state index contributed by atoms with van der Waals surface area (Å²) in [5.74, 6) is -0.498. The number of anilines is 1. The number of aromatic nitrogens is 2. The third-order valence-corrected chi connectivity index (χ3v) is 3.02. The number of esters is 1. The molecule has 2 aromatic heterocycles. The summed E-state index contributed by atoms with van der Waals surface area (Å²) >= 11 is 3.26. The molecule has 2 rings (SSSR count). The summed E-state index contributed by atoms with van der Waals surface area (Å²) < 4.78 is 5.21. The van der Waals surface area contributed by atoms with E-state index in [0.717, 1.165) is 11.3 Å². The highest BCUT2D eigenvalue weighted by atomic mass is 79.9. The van der Waals surface area contributed by atoms with Crippen LogP contribution in [0.4, 0.5) is 5.69 Å². The van der Waals surface area contributed by atoms with E-state index in [1.165, 1.54) is 13.2 Å². The summed E-state index contributed by atoms with van der Waals surface area (Å²) in [5, 5.41) is 0. The molecule has 98 valence electrons. The van der Waals surface area contributed by atoms with Gasteiger partial charge in [-0.2, -0.15) is 0 Å². The topological polar surface area (TPSA) is 78.1 Å². The number of nitrogen functional groups attached to an aromatic ring is 1. The molecule has 0 saturated carbocycles. The first-order valence-corrected chi connectivity index (χ1v) is 6.29. The van der Waals surface area contributed by atoms with Gasteiger partial charge in [0.15, 0.2) is 0 Å². The van der Waals surface area contributed by atoms with Crippen LogP contribution in [-0.2, 0) is 4.74 Å². The van der Waals surface area contributed by atoms with E-state index in [1.54, 1.807) is 6.20 Å². The van der Waals surface area contributed by atoms with Crippen molar-refractivity contribution >= 4 is 27.6 Å². The Labute approximate surface area is 119 Å². The number of methoxy groups -OCH3 is 1. The molecule has 0 fully saturated rings. The van der Waals surface area contributed by atoms with E-state index in [-0.39, 0.29) is 11.3 Å². The van der Waals surface area contributed by atoms with Crippen molar-refractivity contribution in [3.05, 3.63) is 40.3 Å². The minimum absolute atomic E-state index is 0.278. The highest BCUT2D eigenvalue weighted by Gasteiger charge is 2.17. The van der Waals surface area contributed by atoms with Crippen LogP contribution in [0, 0.1) is 6.92 Å². The van der Waals surface area contributed by atoms with Crippen LogP contribution in [0.5, 0.6) is 0 Å². The lowest BCUT2D eigenvalue weighted by Gasteiger charge is -2.10. The monoisotopic (exact) mass is 321 g/mol. The van der Waals surface area contributed by atoms with Gasteiger partial charge in [0, 0.05) is 17.5 Å². The molecule has 0 atom stereocenters. The van der Waals surface area contributed by atoms with Crippen LogP contribution in [0.2, 0.25) is 0 Å². The maximum atomic E-state index is 11.7. The van der Waals surface area contributed by atoms with Crippen molar-refractivity contribution in [3.63, 3.8) is 0 Å². The van der Waals surface area contributed by atoms with Crippen molar-refractivity contribution in [2.75, 3.05) is 12.8 Å². The molecule has 0 aliphatic heterocycles. The molecular formula is C13H12BrN3O2. The van der Waals surface area contributed by atoms with Crippen LogP contribution in [0.15, 0.2) is 29.0 Å². The van der Waals surface area contributed by atoms with Gasteiger partial charge in [0.25, 0.3) is 0 Å². The molecule has 0 aromatic carbocycles. The van der Waals surface area contributed by atoms with Crippen molar-refractivity contribution < 1.29 is 9.53 Å². The lowest BCUT2D eigenvalue weighted by Crippen LogP contribution is -2.08. The first-order chi connectivity index (χ1) is 9.02. The minimum atomic E-state index is -0.498. The zero-order valence-electron chi connectivity index (χ0n) is 10.5. The fraction of sp³-hybridized carbons (Fsp3) is 0.154. The van der Waals surface area contributed by atoms with E-state index >= 15 is 0 Å². The summed E-state index contributed by atoms with van der Waals surface area (Å²) in [6, 6.07) is 5.25. The number of hydrogen-bond donors (Lipinski definition) is 1. The van der Waals surface area contributed by atoms with Crippen molar-refractivity contribution in [2.24, 2.45) is 0 Å². The number of aryl methyl sites for hydroxylation is 1. The Morgan fingerprint density at radius 1 is 1.42 bits per heavy atom. The average Bonchev–Trinajstić information content (AvgIpc) is 2.41. The van der Waals surface area contributed by atoms with Crippen LogP contribution in [0.3, 0.4) is 0 Å². The number of ether oxygens (including phenoxy) is 1. The number of carbonyl (C=O) groups is 1. The standard InChI is InChI=1S/C13H12BrN3O2/c1-7-3-4-8(6-16-7)12-11(15)9(13(18)19-2)5-10(14)17-12/h3-6H,15H2,1-2H3. The number of halogens is 1. The Bertz CT molecular complexity index is 627. The van der Waals surface area contributed by atoms with Gasteiger partial charge < -0.3 is 10.5 Å². The highest BCUT2D eigenvalue weighted by molar-refractivity contribution is 9.10. The van der Waals surface area contributed by atoms with Crippen molar-refractivity contribution in [3.8, 4) is 11.3 Å². The maximum Gasteiger partial charge on any atom is 0.340 e. The Hall–Kier alpha value is -1.95. The number of rotatable bonds is 2. The predicted molar refractivity (Wildman–Crippen MR) is 75.7 cm³/mol. The van der Waals surface area contributed by atoms with Crippen molar-refractivity contribution in [1.29, 1.82) is 0 Å². The van der Waals surface area contributed by atoms with E-state index in [2.05, 4.69) is 25.9 Å². The van der Waals surface area contributed by atoms with Gasteiger partial charge in [-0.15, -0.1) is 0 Å². The molecular weight excluding hydrogens is 310 g/mol. The summed E-state index contributed by atoms with van der Waals surface area (Å²) in [6.07, 6.45) is 1.67. The van der Waals surface area contributed by atoms with Crippen LogP contribution in [-0.4, -0.2) is 23.0 Å². The molecule has 0 bridgehead atoms. The molecule has 6 heteroatoms. The Balaban J connectivity index is 2.60. The van der Waals surface area contributed by atoms with Crippen LogP contribution in [0.1, 0.15) is 16.1 Å². The Kier molecular flexibility index (Phi) is 3.80. The van der Waals surface area contributed by atoms with E-state index in [0.29, 0.717) is 10.3 Å². The second kappa shape index (κ2) is 5.36. The zero-order valence-corrected chi connectivity index (χ0v) is 12.1. The molecule has 0 saturated heterocycles. The number of nitrogens with two attached hydrogens (primary N) is 1. The SMILES string of the molecule is COC(=O)c1cc(Br)nc(-c2ccc(C)nc2)c1N. The second-order valence-electron chi connectivity index (χ2n) is 3.93. The molecule has 5 nitrogen and oxygen atoms in total. The first kappa shape index (κ1) is 13.5. The number of hydrogen-bond acceptors (Lipinski definition) is 5. The Morgan fingerprint density at radius 3 is 2.74 bits per heavy atom. The van der Waals surface area contributed by atoms with Gasteiger partial charge in [-0.1, -0.05) is 0 Å². The van der Waals surface area contributed by atoms with E-state index < -0.39 is 5.97 Å². The molecule has 2 aromatic rings. The molecule has 0 amide bonds. The quantitative estimate of drug-likeness (QED) is 0.679. The van der Waals surface area contributed by atoms with Gasteiger partial charge in [0.2, 0.25) is 0 Å². The lowest BCUT2D eigenvalue weighted by molar-refractivity contribution is 0.0602. The minimum Gasteiger partial charge on any atom is -0.465 e. The molecule has 2 N–H and O–H groups in total. The number of carbonyl (C=O) groups excluding carboxylic acids is 1. The highest BCUT2D eigenvalue weighted by Crippen LogP contribution is 2.29. The largest absolute Gasteiger partial charge is 0.465 e. The van der Waals surface area contributed by atoms with Crippen LogP contribution in [0.25, 0.3) is 11.3 Å². The van der Waals surface area contributed by atoms with Crippen molar-refractivity contribution in [2.45, 2.75) is 6.92 Å². The number of pyridine rings is 2. The normalized spacial score (nSPS) is 10.3. The van der Waals surface area contributed by atoms with Gasteiger partial charge in [-0.05, 0) is 41.1 Å². The molecule has 0 aliphatic rings. The summed E-state index contributed by atoms with van der Waals surface area (Å²) in [4.78, 5) is 20.1. The maximum absolute atomic E-state index is 11.7. The van der Waals surface area contributed by atoms with Gasteiger partial charge in [0.1, 0.15) is 4.60 Å². The first-order valence-electron chi connectivity index (χ1n) is 5.50. The fourth-order valence-electron chi connectivity index (χ4n) is 1.63. The molecule has 0 spiro atoms. The number of nitrogens with zero attached hydrogens (tertiary/aromatic N) is 2. The van der Waals surface area contributed by atoms with Crippen molar-refractivity contribution in [1.82, 2.24) is 9.97 Å². The van der Waals surface area contributed by atoms with Crippen LogP contribution < -0.4 is 5.73 Å². The second-order valence-corrected chi connectivity index (χ2v) is 4.75. The molecule has 0 radical (unpaired) electrons. The third-order valence-electron chi connectivity index (χ3n) is 2.62. The molecule has 2 heterocycles. The van der Waals surface area contributed by atoms with Gasteiger partial charge in [0.05, 0.1) is 24.1 Å². The summed E-state index contributed by atoms with van der Waals surface area (Å²) in [6.45, 7) is 1.89. The van der Waals surface area contributed by atoms with Gasteiger partial charge in [-0.25, -0.2) is 9.78 Å². The average molecular weight is 322 g/mol. The molecule has 0 aliphatic carbocycles. The van der Waals surface area contributed by atoms with Crippen LogP contribution >= 0.6 is 15.9 Å². The lowest BCUT2D eigenvalue weighted by atomic mass is 10.1. The van der Waals surface area contributed by atoms with Gasteiger partial charge >= 0.3 is 5.97 Å². The fourth-order valence-corrected chi connectivity index (χ4v) is 2.04. The smallest absolute Gasteiger partial charge is 0.340 e. The van der Waals surface area contributed by atoms with E-state index in [1.807, 2.05) is 19.1 Å². The molecule has 19 heavy (non-hydrogen) atoms. The van der Waals surface area contributed by atoms with E-state index in [4.69, 9.17) is 10.5 Å². The Morgan fingerprint density at radius 2 is 2.16 bits per heavy atom. The summed E-state index contributed by atoms with van der Waals surface area (Å²) in [5.41, 5.74) is 8.68. The van der Waals surface area contributed by atoms with Gasteiger partial charge in [-0.3, -0.25) is 4.98 Å². The third kappa shape index (κ3) is 2.73.